The molecule has 0 spiro atoms. The standard InChI is InChI=1S/C23H20N2O2/c1-2-27-20-15-18(13-14-19(20)26)23-24-21(16-9-5-3-6-10-16)22(25-23)17-11-7-4-8-12-17/h3-15,26H,2H2,1H3,(H,24,25). The van der Waals surface area contributed by atoms with Crippen molar-refractivity contribution in [1.29, 1.82) is 0 Å². The second-order valence-corrected chi connectivity index (χ2v) is 6.16. The number of hydrogen-bond donors (Lipinski definition) is 2. The van der Waals surface area contributed by atoms with Crippen molar-refractivity contribution >= 4 is 0 Å². The first-order valence-electron chi connectivity index (χ1n) is 8.93. The topological polar surface area (TPSA) is 58.1 Å². The second-order valence-electron chi connectivity index (χ2n) is 6.16. The van der Waals surface area contributed by atoms with Crippen LogP contribution in [-0.2, 0) is 0 Å². The lowest BCUT2D eigenvalue weighted by atomic mass is 10.1. The fourth-order valence-corrected chi connectivity index (χ4v) is 3.06. The number of nitrogens with zero attached hydrogens (tertiary/aromatic N) is 1. The molecule has 4 rings (SSSR count). The molecular formula is C23H20N2O2. The van der Waals surface area contributed by atoms with Crippen LogP contribution in [0.2, 0.25) is 0 Å². The Bertz CT molecular complexity index is 984. The van der Waals surface area contributed by atoms with Crippen LogP contribution in [0.5, 0.6) is 11.5 Å². The summed E-state index contributed by atoms with van der Waals surface area (Å²) >= 11 is 0. The molecule has 3 aromatic carbocycles. The highest BCUT2D eigenvalue weighted by molar-refractivity contribution is 5.81. The van der Waals surface area contributed by atoms with Crippen molar-refractivity contribution < 1.29 is 9.84 Å². The van der Waals surface area contributed by atoms with Gasteiger partial charge in [0, 0.05) is 16.7 Å². The molecule has 1 aromatic heterocycles. The normalized spacial score (nSPS) is 10.7. The molecule has 0 bridgehead atoms. The molecule has 0 saturated carbocycles. The Morgan fingerprint density at radius 1 is 0.852 bits per heavy atom. The third kappa shape index (κ3) is 3.42. The van der Waals surface area contributed by atoms with Gasteiger partial charge in [0.1, 0.15) is 5.82 Å². The number of benzene rings is 3. The lowest BCUT2D eigenvalue weighted by Crippen LogP contribution is -1.92. The summed E-state index contributed by atoms with van der Waals surface area (Å²) in [6, 6.07) is 25.5. The fraction of sp³-hybridized carbons (Fsp3) is 0.0870. The van der Waals surface area contributed by atoms with Crippen LogP contribution in [0.3, 0.4) is 0 Å². The zero-order valence-electron chi connectivity index (χ0n) is 15.0. The Morgan fingerprint density at radius 2 is 1.52 bits per heavy atom. The zero-order valence-corrected chi connectivity index (χ0v) is 15.0. The monoisotopic (exact) mass is 356 g/mol. The molecule has 0 amide bonds. The van der Waals surface area contributed by atoms with Crippen molar-refractivity contribution in [1.82, 2.24) is 9.97 Å². The summed E-state index contributed by atoms with van der Waals surface area (Å²) in [6.45, 7) is 2.37. The van der Waals surface area contributed by atoms with Crippen LogP contribution in [0.1, 0.15) is 6.92 Å². The Hall–Kier alpha value is -3.53. The molecule has 0 atom stereocenters. The van der Waals surface area contributed by atoms with Gasteiger partial charge < -0.3 is 14.8 Å². The van der Waals surface area contributed by atoms with Crippen molar-refractivity contribution in [2.75, 3.05) is 6.61 Å². The smallest absolute Gasteiger partial charge is 0.161 e. The van der Waals surface area contributed by atoms with Crippen LogP contribution < -0.4 is 4.74 Å². The van der Waals surface area contributed by atoms with Gasteiger partial charge in [-0.2, -0.15) is 0 Å². The van der Waals surface area contributed by atoms with E-state index in [2.05, 4.69) is 29.2 Å². The first-order valence-corrected chi connectivity index (χ1v) is 8.93. The molecule has 0 aliphatic carbocycles. The summed E-state index contributed by atoms with van der Waals surface area (Å²) in [5, 5.41) is 9.97. The number of phenolic OH excluding ortho intramolecular Hbond substituents is 1. The number of hydrogen-bond acceptors (Lipinski definition) is 3. The number of nitrogens with one attached hydrogen (secondary N) is 1. The average molecular weight is 356 g/mol. The quantitative estimate of drug-likeness (QED) is 0.495. The fourth-order valence-electron chi connectivity index (χ4n) is 3.06. The lowest BCUT2D eigenvalue weighted by molar-refractivity contribution is 0.318. The lowest BCUT2D eigenvalue weighted by Gasteiger charge is -2.07. The Kier molecular flexibility index (Phi) is 4.62. The van der Waals surface area contributed by atoms with E-state index < -0.39 is 0 Å². The molecule has 0 aliphatic heterocycles. The number of rotatable bonds is 5. The summed E-state index contributed by atoms with van der Waals surface area (Å²) in [6.07, 6.45) is 0. The maximum atomic E-state index is 9.97. The number of imidazole rings is 1. The minimum atomic E-state index is 0.124. The van der Waals surface area contributed by atoms with Gasteiger partial charge in [0.2, 0.25) is 0 Å². The second kappa shape index (κ2) is 7.38. The van der Waals surface area contributed by atoms with Gasteiger partial charge in [0.15, 0.2) is 11.5 Å². The van der Waals surface area contributed by atoms with Gasteiger partial charge in [-0.3, -0.25) is 0 Å². The number of aromatic hydroxyl groups is 1. The highest BCUT2D eigenvalue weighted by atomic mass is 16.5. The Labute approximate surface area is 158 Å². The Balaban J connectivity index is 1.86. The van der Waals surface area contributed by atoms with E-state index in [1.54, 1.807) is 12.1 Å². The molecule has 1 heterocycles. The van der Waals surface area contributed by atoms with E-state index >= 15 is 0 Å². The van der Waals surface area contributed by atoms with Crippen molar-refractivity contribution in [3.05, 3.63) is 78.9 Å². The van der Waals surface area contributed by atoms with E-state index in [9.17, 15) is 5.11 Å². The molecule has 0 unspecified atom stereocenters. The first kappa shape index (κ1) is 16.9. The van der Waals surface area contributed by atoms with Crippen LogP contribution in [-0.4, -0.2) is 21.7 Å². The zero-order chi connectivity index (χ0) is 18.6. The minimum Gasteiger partial charge on any atom is -0.504 e. The third-order valence-electron chi connectivity index (χ3n) is 4.35. The van der Waals surface area contributed by atoms with Gasteiger partial charge in [-0.1, -0.05) is 60.7 Å². The van der Waals surface area contributed by atoms with E-state index in [0.717, 1.165) is 33.9 Å². The van der Waals surface area contributed by atoms with Crippen LogP contribution in [0.15, 0.2) is 78.9 Å². The van der Waals surface area contributed by atoms with E-state index in [1.807, 2.05) is 49.4 Å². The highest BCUT2D eigenvalue weighted by Gasteiger charge is 2.16. The molecule has 0 fully saturated rings. The third-order valence-corrected chi connectivity index (χ3v) is 4.35. The van der Waals surface area contributed by atoms with E-state index in [-0.39, 0.29) is 5.75 Å². The number of ether oxygens (including phenoxy) is 1. The van der Waals surface area contributed by atoms with Gasteiger partial charge in [0.25, 0.3) is 0 Å². The SMILES string of the molecule is CCOc1cc(-c2nc(-c3ccccc3)c(-c3ccccc3)[nH]2)ccc1O. The van der Waals surface area contributed by atoms with Crippen molar-refractivity contribution in [3.63, 3.8) is 0 Å². The predicted octanol–water partition coefficient (Wildman–Crippen LogP) is 5.52. The number of phenols is 1. The predicted molar refractivity (Wildman–Crippen MR) is 108 cm³/mol. The molecule has 4 aromatic rings. The van der Waals surface area contributed by atoms with Crippen molar-refractivity contribution in [2.24, 2.45) is 0 Å². The van der Waals surface area contributed by atoms with Gasteiger partial charge in [0.05, 0.1) is 18.0 Å². The van der Waals surface area contributed by atoms with Gasteiger partial charge in [-0.25, -0.2) is 4.98 Å². The first-order chi connectivity index (χ1) is 13.3. The number of aromatic nitrogens is 2. The van der Waals surface area contributed by atoms with Gasteiger partial charge in [-0.15, -0.1) is 0 Å². The summed E-state index contributed by atoms with van der Waals surface area (Å²) in [5.74, 6) is 1.31. The van der Waals surface area contributed by atoms with Gasteiger partial charge >= 0.3 is 0 Å². The molecule has 0 saturated heterocycles. The van der Waals surface area contributed by atoms with Crippen molar-refractivity contribution in [2.45, 2.75) is 6.92 Å². The average Bonchev–Trinajstić information content (AvgIpc) is 3.17. The summed E-state index contributed by atoms with van der Waals surface area (Å²) in [7, 11) is 0. The molecule has 134 valence electrons. The molecule has 4 nitrogen and oxygen atoms in total. The maximum Gasteiger partial charge on any atom is 0.161 e. The van der Waals surface area contributed by atoms with Crippen LogP contribution >= 0.6 is 0 Å². The molecule has 0 aliphatic rings. The number of H-pyrrole nitrogens is 1. The maximum absolute atomic E-state index is 9.97. The summed E-state index contributed by atoms with van der Waals surface area (Å²) in [5.41, 5.74) is 4.82. The van der Waals surface area contributed by atoms with E-state index in [0.29, 0.717) is 12.4 Å². The summed E-state index contributed by atoms with van der Waals surface area (Å²) in [4.78, 5) is 8.32. The molecule has 0 radical (unpaired) electrons. The molecule has 27 heavy (non-hydrogen) atoms. The van der Waals surface area contributed by atoms with Crippen LogP contribution in [0.25, 0.3) is 33.9 Å². The van der Waals surface area contributed by atoms with Crippen LogP contribution in [0, 0.1) is 0 Å². The molecular weight excluding hydrogens is 336 g/mol. The number of aromatic amines is 1. The highest BCUT2D eigenvalue weighted by Crippen LogP contribution is 2.35. The summed E-state index contributed by atoms with van der Waals surface area (Å²) < 4.78 is 5.51. The Morgan fingerprint density at radius 3 is 2.19 bits per heavy atom. The minimum absolute atomic E-state index is 0.124. The van der Waals surface area contributed by atoms with E-state index in [1.165, 1.54) is 0 Å². The van der Waals surface area contributed by atoms with Gasteiger partial charge in [-0.05, 0) is 25.1 Å². The largest absolute Gasteiger partial charge is 0.504 e. The van der Waals surface area contributed by atoms with Crippen LogP contribution in [0.4, 0.5) is 0 Å². The van der Waals surface area contributed by atoms with E-state index in [4.69, 9.17) is 9.72 Å². The molecule has 2 N–H and O–H groups in total. The molecule has 4 heteroatoms. The van der Waals surface area contributed by atoms with Crippen molar-refractivity contribution in [3.8, 4) is 45.4 Å².